The number of amidine groups is 1. The van der Waals surface area contributed by atoms with E-state index in [1.165, 1.54) is 18.2 Å². The first-order valence-corrected chi connectivity index (χ1v) is 12.9. The van der Waals surface area contributed by atoms with Crippen LogP contribution in [0, 0.1) is 6.92 Å². The summed E-state index contributed by atoms with van der Waals surface area (Å²) in [5.41, 5.74) is 1.95. The lowest BCUT2D eigenvalue weighted by Crippen LogP contribution is -2.19. The minimum Gasteiger partial charge on any atom is -0.378 e. The van der Waals surface area contributed by atoms with Crippen LogP contribution in [0.2, 0.25) is 5.02 Å². The van der Waals surface area contributed by atoms with E-state index in [9.17, 15) is 13.2 Å². The van der Waals surface area contributed by atoms with E-state index in [-0.39, 0.29) is 16.6 Å². The van der Waals surface area contributed by atoms with Crippen LogP contribution in [-0.4, -0.2) is 19.5 Å². The van der Waals surface area contributed by atoms with Gasteiger partial charge >= 0.3 is 10.1 Å². The molecule has 1 fully saturated rings. The molecular weight excluding hydrogens is 548 g/mol. The van der Waals surface area contributed by atoms with Gasteiger partial charge in [-0.2, -0.15) is 8.42 Å². The van der Waals surface area contributed by atoms with Crippen LogP contribution >= 0.6 is 39.3 Å². The highest BCUT2D eigenvalue weighted by Crippen LogP contribution is 2.33. The molecule has 4 rings (SSSR count). The average molecular weight is 564 g/mol. The smallest absolute Gasteiger partial charge is 0.339 e. The molecule has 0 aromatic heterocycles. The molecule has 6 nitrogen and oxygen atoms in total. The second-order valence-electron chi connectivity index (χ2n) is 6.99. The number of nitrogens with one attached hydrogen (secondary N) is 1. The maximum Gasteiger partial charge on any atom is 0.339 e. The van der Waals surface area contributed by atoms with Gasteiger partial charge in [-0.15, -0.1) is 0 Å². The van der Waals surface area contributed by atoms with Crippen LogP contribution < -0.4 is 9.50 Å². The van der Waals surface area contributed by atoms with Gasteiger partial charge in [0.15, 0.2) is 5.17 Å². The van der Waals surface area contributed by atoms with Gasteiger partial charge < -0.3 is 9.50 Å². The zero-order valence-corrected chi connectivity index (χ0v) is 21.1. The third-order valence-corrected chi connectivity index (χ3v) is 7.34. The lowest BCUT2D eigenvalue weighted by atomic mass is 10.2. The molecule has 1 saturated heterocycles. The molecule has 168 valence electrons. The molecule has 1 aliphatic heterocycles. The predicted octanol–water partition coefficient (Wildman–Crippen LogP) is 6.07. The van der Waals surface area contributed by atoms with Crippen LogP contribution in [0.3, 0.4) is 0 Å². The molecule has 1 amide bonds. The fourth-order valence-corrected chi connectivity index (χ4v) is 5.21. The number of halogens is 2. The van der Waals surface area contributed by atoms with Gasteiger partial charge in [-0.05, 0) is 73.3 Å². The van der Waals surface area contributed by atoms with Crippen molar-refractivity contribution >= 4 is 72.2 Å². The normalized spacial score (nSPS) is 16.3. The molecule has 0 bridgehead atoms. The highest BCUT2D eigenvalue weighted by atomic mass is 79.9. The second kappa shape index (κ2) is 9.72. The van der Waals surface area contributed by atoms with Crippen LogP contribution in [0.25, 0.3) is 6.08 Å². The van der Waals surface area contributed by atoms with Gasteiger partial charge in [0, 0.05) is 15.1 Å². The van der Waals surface area contributed by atoms with E-state index < -0.39 is 10.1 Å². The summed E-state index contributed by atoms with van der Waals surface area (Å²) in [5, 5.41) is 3.62. The number of thioether (sulfide) groups is 1. The number of amides is 1. The van der Waals surface area contributed by atoms with Gasteiger partial charge in [-0.1, -0.05) is 51.3 Å². The van der Waals surface area contributed by atoms with E-state index in [1.54, 1.807) is 54.6 Å². The number of benzene rings is 3. The zero-order valence-electron chi connectivity index (χ0n) is 17.1. The quantitative estimate of drug-likeness (QED) is 0.301. The molecule has 1 heterocycles. The maximum absolute atomic E-state index is 12.8. The molecule has 0 spiro atoms. The van der Waals surface area contributed by atoms with Gasteiger partial charge in [0.05, 0.1) is 10.6 Å². The van der Waals surface area contributed by atoms with Gasteiger partial charge in [0.25, 0.3) is 5.91 Å². The standard InChI is InChI=1S/C23H16BrClN2O4S2/c1-14-5-8-19(9-6-14)33(29,30)31-20-10-7-16(24)11-15(20)12-21-22(28)27-23(32-21)26-18-4-2-3-17(25)13-18/h2-13H,1H3,(H,26,27,28)/b21-12+. The van der Waals surface area contributed by atoms with Crippen LogP contribution in [0.5, 0.6) is 5.75 Å². The Morgan fingerprint density at radius 1 is 1.09 bits per heavy atom. The Morgan fingerprint density at radius 3 is 2.58 bits per heavy atom. The lowest BCUT2D eigenvalue weighted by Gasteiger charge is -2.10. The van der Waals surface area contributed by atoms with Crippen LogP contribution in [0.15, 0.2) is 86.0 Å². The van der Waals surface area contributed by atoms with Crippen LogP contribution in [-0.2, 0) is 14.9 Å². The number of aryl methyl sites for hydroxylation is 1. The third kappa shape index (κ3) is 5.86. The van der Waals surface area contributed by atoms with E-state index in [1.807, 2.05) is 6.92 Å². The number of carbonyl (C=O) groups excluding carboxylic acids is 1. The number of rotatable bonds is 5. The number of nitrogens with zero attached hydrogens (tertiary/aromatic N) is 1. The molecule has 3 aromatic rings. The highest BCUT2D eigenvalue weighted by molar-refractivity contribution is 9.10. The molecular formula is C23H16BrClN2O4S2. The summed E-state index contributed by atoms with van der Waals surface area (Å²) in [6.45, 7) is 1.87. The summed E-state index contributed by atoms with van der Waals surface area (Å²) >= 11 is 10.5. The van der Waals surface area contributed by atoms with Crippen molar-refractivity contribution in [3.63, 3.8) is 0 Å². The first-order valence-electron chi connectivity index (χ1n) is 9.55. The van der Waals surface area contributed by atoms with Crippen molar-refractivity contribution in [3.05, 3.63) is 92.3 Å². The molecule has 1 N–H and O–H groups in total. The van der Waals surface area contributed by atoms with Gasteiger partial charge in [0.1, 0.15) is 10.6 Å². The fourth-order valence-electron chi connectivity index (χ4n) is 2.86. The van der Waals surface area contributed by atoms with Gasteiger partial charge in [-0.25, -0.2) is 4.99 Å². The van der Waals surface area contributed by atoms with E-state index >= 15 is 0 Å². The summed E-state index contributed by atoms with van der Waals surface area (Å²) in [5.74, 6) is -0.256. The predicted molar refractivity (Wildman–Crippen MR) is 135 cm³/mol. The van der Waals surface area contributed by atoms with E-state index in [4.69, 9.17) is 15.8 Å². The summed E-state index contributed by atoms with van der Waals surface area (Å²) in [6, 6.07) is 18.2. The largest absolute Gasteiger partial charge is 0.378 e. The van der Waals surface area contributed by atoms with Crippen molar-refractivity contribution in [2.24, 2.45) is 4.99 Å². The minimum atomic E-state index is -4.06. The zero-order chi connectivity index (χ0) is 23.6. The number of carbonyl (C=O) groups is 1. The Balaban J connectivity index is 1.64. The van der Waals surface area contributed by atoms with Crippen molar-refractivity contribution in [3.8, 4) is 5.75 Å². The maximum atomic E-state index is 12.8. The number of aliphatic imine (C=N–C) groups is 1. The summed E-state index contributed by atoms with van der Waals surface area (Å²) in [6.07, 6.45) is 1.56. The van der Waals surface area contributed by atoms with Crippen molar-refractivity contribution in [1.29, 1.82) is 0 Å². The number of hydrogen-bond acceptors (Lipinski definition) is 6. The molecule has 0 saturated carbocycles. The van der Waals surface area contributed by atoms with Crippen LogP contribution in [0.4, 0.5) is 5.69 Å². The topological polar surface area (TPSA) is 84.8 Å². The molecule has 33 heavy (non-hydrogen) atoms. The Bertz CT molecular complexity index is 1400. The molecule has 0 atom stereocenters. The fraction of sp³-hybridized carbons (Fsp3) is 0.0435. The average Bonchev–Trinajstić information content (AvgIpc) is 3.09. The molecule has 0 aliphatic carbocycles. The molecule has 0 unspecified atom stereocenters. The molecule has 3 aromatic carbocycles. The molecule has 1 aliphatic rings. The molecule has 10 heteroatoms. The summed E-state index contributed by atoms with van der Waals surface area (Å²) in [7, 11) is -4.06. The lowest BCUT2D eigenvalue weighted by molar-refractivity contribution is -0.115. The van der Waals surface area contributed by atoms with E-state index in [0.717, 1.165) is 17.3 Å². The SMILES string of the molecule is Cc1ccc(S(=O)(=O)Oc2ccc(Br)cc2/C=C2/SC(=Nc3cccc(Cl)c3)NC2=O)cc1. The summed E-state index contributed by atoms with van der Waals surface area (Å²) in [4.78, 5) is 17.3. The van der Waals surface area contributed by atoms with Crippen molar-refractivity contribution in [1.82, 2.24) is 5.32 Å². The Labute approximate surface area is 209 Å². The Hall–Kier alpha value is -2.59. The van der Waals surface area contributed by atoms with Gasteiger partial charge in [0.2, 0.25) is 0 Å². The van der Waals surface area contributed by atoms with Crippen molar-refractivity contribution in [2.45, 2.75) is 11.8 Å². The third-order valence-electron chi connectivity index (χ3n) is 4.46. The van der Waals surface area contributed by atoms with Crippen molar-refractivity contribution < 1.29 is 17.4 Å². The van der Waals surface area contributed by atoms with Crippen molar-refractivity contribution in [2.75, 3.05) is 0 Å². The monoisotopic (exact) mass is 562 g/mol. The van der Waals surface area contributed by atoms with E-state index in [0.29, 0.717) is 30.8 Å². The second-order valence-corrected chi connectivity index (χ2v) is 10.9. The van der Waals surface area contributed by atoms with Crippen LogP contribution in [0.1, 0.15) is 11.1 Å². The summed E-state index contributed by atoms with van der Waals surface area (Å²) < 4.78 is 31.6. The van der Waals surface area contributed by atoms with Gasteiger partial charge in [-0.3, -0.25) is 4.79 Å². The Kier molecular flexibility index (Phi) is 6.94. The first-order chi connectivity index (χ1) is 15.7. The molecule has 0 radical (unpaired) electrons. The van der Waals surface area contributed by atoms with E-state index in [2.05, 4.69) is 26.2 Å². The number of hydrogen-bond donors (Lipinski definition) is 1. The first kappa shape index (κ1) is 23.6. The highest BCUT2D eigenvalue weighted by Gasteiger charge is 2.25. The minimum absolute atomic E-state index is 0.0403. The Morgan fingerprint density at radius 2 is 1.85 bits per heavy atom.